The zero-order valence-electron chi connectivity index (χ0n) is 18.1. The zero-order chi connectivity index (χ0) is 26.2. The number of nitrogens with one attached hydrogen (secondary N) is 2. The molecule has 12 heteroatoms. The molecule has 0 saturated carbocycles. The van der Waals surface area contributed by atoms with Gasteiger partial charge in [-0.25, -0.2) is 0 Å². The van der Waals surface area contributed by atoms with Crippen LogP contribution in [-0.2, 0) is 9.59 Å². The topological polar surface area (TPSA) is 134 Å². The van der Waals surface area contributed by atoms with Crippen LogP contribution >= 0.6 is 34.8 Å². The fourth-order valence-electron chi connectivity index (χ4n) is 2.85. The third kappa shape index (κ3) is 7.20. The number of carbonyl (C=O) groups is 2. The fourth-order valence-corrected chi connectivity index (χ4v) is 3.39. The molecule has 0 aliphatic rings. The number of amides is 2. The van der Waals surface area contributed by atoms with Crippen molar-refractivity contribution in [3.8, 4) is 11.8 Å². The van der Waals surface area contributed by atoms with Gasteiger partial charge in [0.15, 0.2) is 6.61 Å². The molecule has 3 aromatic carbocycles. The van der Waals surface area contributed by atoms with Gasteiger partial charge in [0, 0.05) is 23.5 Å². The minimum absolute atomic E-state index is 0.141. The summed E-state index contributed by atoms with van der Waals surface area (Å²) < 4.78 is 5.44. The molecule has 0 aliphatic heterocycles. The van der Waals surface area contributed by atoms with Crippen LogP contribution in [0.4, 0.5) is 17.1 Å². The quantitative estimate of drug-likeness (QED) is 0.152. The van der Waals surface area contributed by atoms with Crippen LogP contribution in [-0.4, -0.2) is 23.3 Å². The second-order valence-electron chi connectivity index (χ2n) is 7.09. The molecule has 0 aromatic heterocycles. The van der Waals surface area contributed by atoms with Gasteiger partial charge in [-0.05, 0) is 48.0 Å². The minimum Gasteiger partial charge on any atom is -0.482 e. The second kappa shape index (κ2) is 12.0. The molecule has 3 aromatic rings. The maximum absolute atomic E-state index is 12.5. The number of benzene rings is 3. The SMILES string of the molecule is N#C/C(=C/c1ccc(OCC(=O)Nc2ccc(Cl)c(Cl)c2)c(Cl)c1)C(=O)Nc1cccc([N+](=O)[O-])c1. The van der Waals surface area contributed by atoms with Gasteiger partial charge < -0.3 is 15.4 Å². The smallest absolute Gasteiger partial charge is 0.271 e. The van der Waals surface area contributed by atoms with Gasteiger partial charge in [0.1, 0.15) is 17.4 Å². The molecule has 0 spiro atoms. The highest BCUT2D eigenvalue weighted by Gasteiger charge is 2.13. The van der Waals surface area contributed by atoms with E-state index in [1.54, 1.807) is 18.2 Å². The Hall–Kier alpha value is -4.10. The molecule has 182 valence electrons. The number of carbonyl (C=O) groups excluding carboxylic acids is 2. The molecule has 0 aliphatic carbocycles. The number of nitriles is 1. The van der Waals surface area contributed by atoms with Gasteiger partial charge in [-0.1, -0.05) is 46.9 Å². The second-order valence-corrected chi connectivity index (χ2v) is 8.31. The number of hydrogen-bond acceptors (Lipinski definition) is 6. The van der Waals surface area contributed by atoms with Gasteiger partial charge in [-0.15, -0.1) is 0 Å². The average Bonchev–Trinajstić information content (AvgIpc) is 2.84. The highest BCUT2D eigenvalue weighted by molar-refractivity contribution is 6.42. The molecule has 36 heavy (non-hydrogen) atoms. The Balaban J connectivity index is 1.64. The molecule has 0 saturated heterocycles. The van der Waals surface area contributed by atoms with Crippen molar-refractivity contribution in [3.63, 3.8) is 0 Å². The number of ether oxygens (including phenoxy) is 1. The Morgan fingerprint density at radius 1 is 0.972 bits per heavy atom. The van der Waals surface area contributed by atoms with Crippen molar-refractivity contribution in [2.45, 2.75) is 0 Å². The molecule has 0 heterocycles. The van der Waals surface area contributed by atoms with E-state index in [0.29, 0.717) is 16.3 Å². The van der Waals surface area contributed by atoms with Crippen LogP contribution in [0.5, 0.6) is 5.75 Å². The van der Waals surface area contributed by atoms with Gasteiger partial charge in [0.25, 0.3) is 17.5 Å². The van der Waals surface area contributed by atoms with Crippen molar-refractivity contribution in [1.82, 2.24) is 0 Å². The molecule has 9 nitrogen and oxygen atoms in total. The van der Waals surface area contributed by atoms with E-state index in [1.165, 1.54) is 54.6 Å². The van der Waals surface area contributed by atoms with E-state index < -0.39 is 16.7 Å². The summed E-state index contributed by atoms with van der Waals surface area (Å²) in [6, 6.07) is 16.2. The zero-order valence-corrected chi connectivity index (χ0v) is 20.4. The molecule has 2 amide bonds. The average molecular weight is 546 g/mol. The number of halogens is 3. The van der Waals surface area contributed by atoms with Crippen LogP contribution in [0.1, 0.15) is 5.56 Å². The molecule has 0 radical (unpaired) electrons. The summed E-state index contributed by atoms with van der Waals surface area (Å²) in [5, 5.41) is 26.1. The van der Waals surface area contributed by atoms with E-state index in [9.17, 15) is 25.0 Å². The van der Waals surface area contributed by atoms with Crippen LogP contribution in [0.2, 0.25) is 15.1 Å². The lowest BCUT2D eigenvalue weighted by molar-refractivity contribution is -0.384. The van der Waals surface area contributed by atoms with Gasteiger partial charge in [-0.2, -0.15) is 5.26 Å². The Morgan fingerprint density at radius 2 is 1.72 bits per heavy atom. The Labute approximate surface area is 220 Å². The summed E-state index contributed by atoms with van der Waals surface area (Å²) in [7, 11) is 0. The number of nitro groups is 1. The predicted octanol–water partition coefficient (Wildman–Crippen LogP) is 6.12. The van der Waals surface area contributed by atoms with Gasteiger partial charge in [-0.3, -0.25) is 19.7 Å². The molecule has 0 atom stereocenters. The maximum atomic E-state index is 12.5. The summed E-state index contributed by atoms with van der Waals surface area (Å²) >= 11 is 18.0. The summed E-state index contributed by atoms with van der Waals surface area (Å²) in [6.07, 6.45) is 1.29. The van der Waals surface area contributed by atoms with E-state index in [4.69, 9.17) is 39.5 Å². The van der Waals surface area contributed by atoms with E-state index in [-0.39, 0.29) is 39.3 Å². The van der Waals surface area contributed by atoms with Crippen molar-refractivity contribution < 1.29 is 19.2 Å². The van der Waals surface area contributed by atoms with Gasteiger partial charge >= 0.3 is 0 Å². The Morgan fingerprint density at radius 3 is 2.39 bits per heavy atom. The van der Waals surface area contributed by atoms with Crippen LogP contribution in [0.3, 0.4) is 0 Å². The van der Waals surface area contributed by atoms with Crippen LogP contribution < -0.4 is 15.4 Å². The van der Waals surface area contributed by atoms with Gasteiger partial charge in [0.2, 0.25) is 0 Å². The first-order valence-corrected chi connectivity index (χ1v) is 11.1. The Bertz CT molecular complexity index is 1420. The standard InChI is InChI=1S/C24H15Cl3N4O5/c25-19-6-5-17(11-20(19)26)29-23(32)13-36-22-7-4-14(9-21(22)27)8-15(12-28)24(33)30-16-2-1-3-18(10-16)31(34)35/h1-11H,13H2,(H,29,32)(H,30,33)/b15-8-. The van der Waals surface area contributed by atoms with E-state index in [0.717, 1.165) is 0 Å². The van der Waals surface area contributed by atoms with Crippen molar-refractivity contribution >= 4 is 69.8 Å². The molecular weight excluding hydrogens is 531 g/mol. The maximum Gasteiger partial charge on any atom is 0.271 e. The van der Waals surface area contributed by atoms with Gasteiger partial charge in [0.05, 0.1) is 20.0 Å². The molecule has 0 fully saturated rings. The first-order valence-electron chi connectivity index (χ1n) is 10.0. The van der Waals surface area contributed by atoms with Crippen LogP contribution in [0.15, 0.2) is 66.2 Å². The van der Waals surface area contributed by atoms with E-state index in [2.05, 4.69) is 10.6 Å². The van der Waals surface area contributed by atoms with Crippen molar-refractivity contribution in [2.75, 3.05) is 17.2 Å². The predicted molar refractivity (Wildman–Crippen MR) is 137 cm³/mol. The molecule has 2 N–H and O–H groups in total. The third-order valence-corrected chi connectivity index (χ3v) is 5.54. The number of hydrogen-bond donors (Lipinski definition) is 2. The molecule has 3 rings (SSSR count). The number of nitro benzene ring substituents is 1. The van der Waals surface area contributed by atoms with Crippen molar-refractivity contribution in [2.24, 2.45) is 0 Å². The highest BCUT2D eigenvalue weighted by atomic mass is 35.5. The summed E-state index contributed by atoms with van der Waals surface area (Å²) in [5.41, 5.74) is 0.558. The number of rotatable bonds is 8. The van der Waals surface area contributed by atoms with E-state index in [1.807, 2.05) is 0 Å². The molecular formula is C24H15Cl3N4O5. The van der Waals surface area contributed by atoms with Crippen LogP contribution in [0.25, 0.3) is 6.08 Å². The molecule has 0 unspecified atom stereocenters. The Kier molecular flexibility index (Phi) is 8.86. The lowest BCUT2D eigenvalue weighted by Gasteiger charge is -2.10. The molecule has 0 bridgehead atoms. The monoisotopic (exact) mass is 544 g/mol. The lowest BCUT2D eigenvalue weighted by Crippen LogP contribution is -2.20. The number of non-ortho nitro benzene ring substituents is 1. The number of anilines is 2. The minimum atomic E-state index is -0.756. The highest BCUT2D eigenvalue weighted by Crippen LogP contribution is 2.28. The first kappa shape index (κ1) is 26.5. The summed E-state index contributed by atoms with van der Waals surface area (Å²) in [5.74, 6) is -1.01. The lowest BCUT2D eigenvalue weighted by atomic mass is 10.1. The van der Waals surface area contributed by atoms with Crippen molar-refractivity contribution in [1.29, 1.82) is 5.26 Å². The fraction of sp³-hybridized carbons (Fsp3) is 0.0417. The summed E-state index contributed by atoms with van der Waals surface area (Å²) in [6.45, 7) is -0.343. The van der Waals surface area contributed by atoms with E-state index >= 15 is 0 Å². The normalized spacial score (nSPS) is 10.8. The summed E-state index contributed by atoms with van der Waals surface area (Å²) in [4.78, 5) is 34.9. The van der Waals surface area contributed by atoms with Crippen LogP contribution in [0, 0.1) is 21.4 Å². The third-order valence-electron chi connectivity index (χ3n) is 4.51. The largest absolute Gasteiger partial charge is 0.482 e. The van der Waals surface area contributed by atoms with Crippen molar-refractivity contribution in [3.05, 3.63) is 97.0 Å². The first-order chi connectivity index (χ1) is 17.2. The number of nitrogens with zero attached hydrogens (tertiary/aromatic N) is 2.